The Labute approximate surface area is 191 Å². The minimum Gasteiger partial charge on any atom is -0.473 e. The number of benzene rings is 1. The number of piperidine rings is 1. The third-order valence-electron chi connectivity index (χ3n) is 5.82. The standard InChI is InChI=1S/C23H25ClFN5O2/c1-29-19(13-27-31)12-26-22(29)14-30-9-7-16(8-10-30)21-3-2-4-23(28-21)32-15-17-5-6-18(24)11-20(17)25/h2-6,11-13,16,31H,7-10,14-15H2,1H3/b27-13+. The molecule has 3 heterocycles. The Morgan fingerprint density at radius 1 is 1.28 bits per heavy atom. The Balaban J connectivity index is 1.32. The summed E-state index contributed by atoms with van der Waals surface area (Å²) in [4.78, 5) is 11.5. The molecule has 9 heteroatoms. The Hall–Kier alpha value is -2.97. The normalized spacial score (nSPS) is 15.5. The molecule has 0 atom stereocenters. The van der Waals surface area contributed by atoms with Crippen LogP contribution in [0.4, 0.5) is 4.39 Å². The van der Waals surface area contributed by atoms with E-state index in [1.54, 1.807) is 24.4 Å². The third-order valence-corrected chi connectivity index (χ3v) is 6.05. The molecule has 3 aromatic rings. The molecule has 0 aliphatic carbocycles. The number of likely N-dealkylation sites (tertiary alicyclic amines) is 1. The van der Waals surface area contributed by atoms with Crippen molar-refractivity contribution < 1.29 is 14.3 Å². The summed E-state index contributed by atoms with van der Waals surface area (Å²) >= 11 is 5.80. The SMILES string of the molecule is Cn1c(/C=N/O)cnc1CN1CCC(c2cccc(OCc3ccc(Cl)cc3F)n2)CC1. The molecule has 0 unspecified atom stereocenters. The van der Waals surface area contributed by atoms with Crippen LogP contribution >= 0.6 is 11.6 Å². The van der Waals surface area contributed by atoms with Crippen LogP contribution in [0.2, 0.25) is 5.02 Å². The number of pyridine rings is 1. The fraction of sp³-hybridized carbons (Fsp3) is 0.348. The molecule has 1 aromatic carbocycles. The van der Waals surface area contributed by atoms with Gasteiger partial charge in [-0.25, -0.2) is 14.4 Å². The van der Waals surface area contributed by atoms with Gasteiger partial charge in [0.1, 0.15) is 18.2 Å². The number of aromatic nitrogens is 3. The van der Waals surface area contributed by atoms with Crippen molar-refractivity contribution in [2.75, 3.05) is 13.1 Å². The molecule has 1 fully saturated rings. The van der Waals surface area contributed by atoms with E-state index in [1.807, 2.05) is 23.7 Å². The quantitative estimate of drug-likeness (QED) is 0.324. The first-order chi connectivity index (χ1) is 15.5. The van der Waals surface area contributed by atoms with Crippen LogP contribution in [-0.4, -0.2) is 43.9 Å². The zero-order valence-corrected chi connectivity index (χ0v) is 18.5. The molecule has 1 aliphatic rings. The van der Waals surface area contributed by atoms with Gasteiger partial charge in [-0.1, -0.05) is 28.9 Å². The monoisotopic (exact) mass is 457 g/mol. The van der Waals surface area contributed by atoms with Crippen molar-refractivity contribution in [3.05, 3.63) is 76.2 Å². The topological polar surface area (TPSA) is 75.8 Å². The summed E-state index contributed by atoms with van der Waals surface area (Å²) in [7, 11) is 1.91. The molecule has 0 radical (unpaired) electrons. The highest BCUT2D eigenvalue weighted by Crippen LogP contribution is 2.28. The summed E-state index contributed by atoms with van der Waals surface area (Å²) in [5.41, 5.74) is 2.20. The highest BCUT2D eigenvalue weighted by Gasteiger charge is 2.23. The maximum absolute atomic E-state index is 14.0. The van der Waals surface area contributed by atoms with Crippen LogP contribution in [0, 0.1) is 5.82 Å². The summed E-state index contributed by atoms with van der Waals surface area (Å²) in [5, 5.41) is 12.2. The van der Waals surface area contributed by atoms with Crippen LogP contribution in [0.15, 0.2) is 47.8 Å². The van der Waals surface area contributed by atoms with Gasteiger partial charge in [0.05, 0.1) is 24.7 Å². The second-order valence-corrected chi connectivity index (χ2v) is 8.31. The Kier molecular flexibility index (Phi) is 7.02. The predicted molar refractivity (Wildman–Crippen MR) is 120 cm³/mol. The van der Waals surface area contributed by atoms with Crippen LogP contribution in [0.5, 0.6) is 5.88 Å². The van der Waals surface area contributed by atoms with E-state index in [9.17, 15) is 4.39 Å². The van der Waals surface area contributed by atoms with Crippen molar-refractivity contribution in [1.29, 1.82) is 0 Å². The summed E-state index contributed by atoms with van der Waals surface area (Å²) in [6, 6.07) is 10.3. The number of hydrogen-bond acceptors (Lipinski definition) is 6. The van der Waals surface area contributed by atoms with E-state index < -0.39 is 0 Å². The number of oxime groups is 1. The lowest BCUT2D eigenvalue weighted by Crippen LogP contribution is -2.33. The number of imidazole rings is 1. The highest BCUT2D eigenvalue weighted by molar-refractivity contribution is 6.30. The van der Waals surface area contributed by atoms with Gasteiger partial charge < -0.3 is 14.5 Å². The molecule has 1 aliphatic heterocycles. The molecular weight excluding hydrogens is 433 g/mol. The smallest absolute Gasteiger partial charge is 0.213 e. The van der Waals surface area contributed by atoms with Crippen LogP contribution < -0.4 is 4.74 Å². The van der Waals surface area contributed by atoms with Crippen LogP contribution in [0.3, 0.4) is 0 Å². The number of rotatable bonds is 7. The van der Waals surface area contributed by atoms with E-state index in [1.165, 1.54) is 12.3 Å². The number of hydrogen-bond donors (Lipinski definition) is 1. The molecule has 7 nitrogen and oxygen atoms in total. The molecule has 4 rings (SSSR count). The van der Waals surface area contributed by atoms with E-state index in [0.29, 0.717) is 22.4 Å². The summed E-state index contributed by atoms with van der Waals surface area (Å²) in [6.07, 6.45) is 5.05. The lowest BCUT2D eigenvalue weighted by atomic mass is 9.93. The number of halogens is 2. The summed E-state index contributed by atoms with van der Waals surface area (Å²) < 4.78 is 21.6. The van der Waals surface area contributed by atoms with E-state index >= 15 is 0 Å². The zero-order chi connectivity index (χ0) is 22.5. The summed E-state index contributed by atoms with van der Waals surface area (Å²) in [5.74, 6) is 1.39. The molecule has 2 aromatic heterocycles. The van der Waals surface area contributed by atoms with Crippen molar-refractivity contribution in [2.24, 2.45) is 12.2 Å². The highest BCUT2D eigenvalue weighted by atomic mass is 35.5. The minimum absolute atomic E-state index is 0.102. The van der Waals surface area contributed by atoms with Gasteiger partial charge in [-0.05, 0) is 44.1 Å². The van der Waals surface area contributed by atoms with E-state index in [2.05, 4.69) is 20.0 Å². The van der Waals surface area contributed by atoms with Gasteiger partial charge in [0.25, 0.3) is 0 Å². The van der Waals surface area contributed by atoms with E-state index in [0.717, 1.165) is 49.7 Å². The van der Waals surface area contributed by atoms with Crippen molar-refractivity contribution in [1.82, 2.24) is 19.4 Å². The fourth-order valence-electron chi connectivity index (χ4n) is 3.90. The summed E-state index contributed by atoms with van der Waals surface area (Å²) in [6.45, 7) is 2.71. The van der Waals surface area contributed by atoms with E-state index in [4.69, 9.17) is 21.5 Å². The van der Waals surface area contributed by atoms with Crippen molar-refractivity contribution in [3.63, 3.8) is 0 Å². The average molecular weight is 458 g/mol. The Morgan fingerprint density at radius 3 is 2.84 bits per heavy atom. The molecule has 32 heavy (non-hydrogen) atoms. The molecule has 0 saturated carbocycles. The van der Waals surface area contributed by atoms with E-state index in [-0.39, 0.29) is 12.4 Å². The fourth-order valence-corrected chi connectivity index (χ4v) is 4.06. The molecule has 0 amide bonds. The molecule has 0 spiro atoms. The van der Waals surface area contributed by atoms with Crippen molar-refractivity contribution in [2.45, 2.75) is 31.9 Å². The van der Waals surface area contributed by atoms with Gasteiger partial charge in [-0.3, -0.25) is 4.90 Å². The van der Waals surface area contributed by atoms with Gasteiger partial charge in [0.15, 0.2) is 0 Å². The van der Waals surface area contributed by atoms with Crippen LogP contribution in [0.1, 0.15) is 41.5 Å². The number of nitrogens with zero attached hydrogens (tertiary/aromatic N) is 5. The Bertz CT molecular complexity index is 1100. The van der Waals surface area contributed by atoms with Crippen LogP contribution in [-0.2, 0) is 20.2 Å². The molecule has 0 bridgehead atoms. The predicted octanol–water partition coefficient (Wildman–Crippen LogP) is 4.37. The largest absolute Gasteiger partial charge is 0.473 e. The molecule has 1 N–H and O–H groups in total. The second-order valence-electron chi connectivity index (χ2n) is 7.88. The van der Waals surface area contributed by atoms with Crippen LogP contribution in [0.25, 0.3) is 0 Å². The van der Waals surface area contributed by atoms with Gasteiger partial charge in [-0.2, -0.15) is 0 Å². The average Bonchev–Trinajstić information content (AvgIpc) is 3.13. The molecule has 1 saturated heterocycles. The lowest BCUT2D eigenvalue weighted by molar-refractivity contribution is 0.196. The maximum Gasteiger partial charge on any atom is 0.213 e. The van der Waals surface area contributed by atoms with Gasteiger partial charge in [0.2, 0.25) is 5.88 Å². The first-order valence-corrected chi connectivity index (χ1v) is 10.9. The molecule has 168 valence electrons. The third kappa shape index (κ3) is 5.26. The first-order valence-electron chi connectivity index (χ1n) is 10.5. The van der Waals surface area contributed by atoms with Crippen molar-refractivity contribution in [3.8, 4) is 5.88 Å². The zero-order valence-electron chi connectivity index (χ0n) is 17.8. The lowest BCUT2D eigenvalue weighted by Gasteiger charge is -2.31. The Morgan fingerprint density at radius 2 is 2.09 bits per heavy atom. The van der Waals surface area contributed by atoms with Gasteiger partial charge in [-0.15, -0.1) is 0 Å². The van der Waals surface area contributed by atoms with Gasteiger partial charge in [0, 0.05) is 35.3 Å². The minimum atomic E-state index is -0.385. The maximum atomic E-state index is 14.0. The van der Waals surface area contributed by atoms with Gasteiger partial charge >= 0.3 is 0 Å². The second kappa shape index (κ2) is 10.1. The molecular formula is C23H25ClFN5O2. The first kappa shape index (κ1) is 22.2. The number of ether oxygens (including phenoxy) is 1. The van der Waals surface area contributed by atoms with Crippen molar-refractivity contribution >= 4 is 17.8 Å².